The number of piperidine rings is 1. The molecule has 1 aromatic carbocycles. The summed E-state index contributed by atoms with van der Waals surface area (Å²) in [6, 6.07) is 7.31. The lowest BCUT2D eigenvalue weighted by Crippen LogP contribution is -2.43. The van der Waals surface area contributed by atoms with E-state index in [0.717, 1.165) is 30.2 Å². The van der Waals surface area contributed by atoms with Gasteiger partial charge in [0.15, 0.2) is 0 Å². The number of fused-ring (bicyclic) bond motifs is 2. The number of anilines is 1. The van der Waals surface area contributed by atoms with E-state index < -0.39 is 0 Å². The van der Waals surface area contributed by atoms with Gasteiger partial charge >= 0.3 is 0 Å². The lowest BCUT2D eigenvalue weighted by Gasteiger charge is -2.36. The Bertz CT molecular complexity index is 455. The fourth-order valence-electron chi connectivity index (χ4n) is 3.18. The molecule has 2 heterocycles. The molecule has 3 heteroatoms. The van der Waals surface area contributed by atoms with E-state index in [-0.39, 0.29) is 0 Å². The highest BCUT2D eigenvalue weighted by Crippen LogP contribution is 2.41. The van der Waals surface area contributed by atoms with Crippen molar-refractivity contribution in [2.75, 3.05) is 4.90 Å². The summed E-state index contributed by atoms with van der Waals surface area (Å²) >= 11 is 3.64. The summed E-state index contributed by atoms with van der Waals surface area (Å²) in [6.45, 7) is 2.12. The highest BCUT2D eigenvalue weighted by atomic mass is 79.9. The lowest BCUT2D eigenvalue weighted by atomic mass is 10.00. The van der Waals surface area contributed by atoms with Crippen molar-refractivity contribution in [1.82, 2.24) is 0 Å². The first kappa shape index (κ1) is 11.3. The average molecular weight is 294 g/mol. The summed E-state index contributed by atoms with van der Waals surface area (Å²) < 4.78 is 1.15. The van der Waals surface area contributed by atoms with Crippen LogP contribution >= 0.6 is 15.9 Å². The third kappa shape index (κ3) is 1.90. The molecule has 1 aromatic rings. The Hall–Kier alpha value is -0.830. The molecule has 0 saturated carbocycles. The van der Waals surface area contributed by atoms with Gasteiger partial charge in [0.2, 0.25) is 0 Å². The second kappa shape index (κ2) is 4.13. The van der Waals surface area contributed by atoms with Crippen LogP contribution in [0.2, 0.25) is 0 Å². The van der Waals surface area contributed by atoms with Gasteiger partial charge in [-0.15, -0.1) is 0 Å². The molecule has 2 nitrogen and oxygen atoms in total. The van der Waals surface area contributed by atoms with Gasteiger partial charge in [-0.3, -0.25) is 4.79 Å². The maximum Gasteiger partial charge on any atom is 0.137 e. The maximum atomic E-state index is 11.6. The van der Waals surface area contributed by atoms with E-state index >= 15 is 0 Å². The molecule has 2 unspecified atom stereocenters. The average Bonchev–Trinajstić information content (AvgIpc) is 2.54. The summed E-state index contributed by atoms with van der Waals surface area (Å²) in [5, 5.41) is 0. The predicted octanol–water partition coefficient (Wildman–Crippen LogP) is 3.46. The number of hydrogen-bond acceptors (Lipinski definition) is 2. The van der Waals surface area contributed by atoms with Crippen molar-refractivity contribution < 1.29 is 4.79 Å². The van der Waals surface area contributed by atoms with E-state index in [4.69, 9.17) is 0 Å². The van der Waals surface area contributed by atoms with Gasteiger partial charge in [-0.25, -0.2) is 0 Å². The molecule has 2 atom stereocenters. The number of nitrogens with zero attached hydrogens (tertiary/aromatic N) is 1. The minimum Gasteiger partial charge on any atom is -0.364 e. The first-order valence-corrected chi connectivity index (χ1v) is 7.00. The van der Waals surface area contributed by atoms with Crippen molar-refractivity contribution in [3.05, 3.63) is 28.2 Å². The Kier molecular flexibility index (Phi) is 2.74. The number of rotatable bonds is 1. The van der Waals surface area contributed by atoms with Gasteiger partial charge in [-0.05, 0) is 53.4 Å². The second-order valence-corrected chi connectivity index (χ2v) is 6.05. The summed E-state index contributed by atoms with van der Waals surface area (Å²) in [4.78, 5) is 14.1. The predicted molar refractivity (Wildman–Crippen MR) is 72.4 cm³/mol. The molecule has 0 amide bonds. The number of benzene rings is 1. The molecule has 2 aliphatic heterocycles. The molecule has 0 spiro atoms. The van der Waals surface area contributed by atoms with Gasteiger partial charge in [0.1, 0.15) is 5.78 Å². The lowest BCUT2D eigenvalue weighted by molar-refractivity contribution is -0.120. The fourth-order valence-corrected chi connectivity index (χ4v) is 3.64. The fraction of sp³-hybridized carbons (Fsp3) is 0.500. The maximum absolute atomic E-state index is 11.6. The third-order valence-electron chi connectivity index (χ3n) is 3.93. The quantitative estimate of drug-likeness (QED) is 0.790. The summed E-state index contributed by atoms with van der Waals surface area (Å²) in [6.07, 6.45) is 3.79. The first-order valence-electron chi connectivity index (χ1n) is 6.21. The number of aryl methyl sites for hydroxylation is 1. The van der Waals surface area contributed by atoms with Crippen molar-refractivity contribution in [2.24, 2.45) is 0 Å². The molecule has 2 aliphatic rings. The van der Waals surface area contributed by atoms with Crippen molar-refractivity contribution in [3.8, 4) is 0 Å². The van der Waals surface area contributed by atoms with Gasteiger partial charge in [-0.2, -0.15) is 0 Å². The van der Waals surface area contributed by atoms with E-state index in [1.807, 2.05) is 0 Å². The highest BCUT2D eigenvalue weighted by Gasteiger charge is 2.40. The van der Waals surface area contributed by atoms with Gasteiger partial charge < -0.3 is 4.90 Å². The van der Waals surface area contributed by atoms with Gasteiger partial charge in [0, 0.05) is 29.4 Å². The first-order chi connectivity index (χ1) is 8.15. The molecule has 0 N–H and O–H groups in total. The zero-order valence-corrected chi connectivity index (χ0v) is 11.5. The molecule has 0 aliphatic carbocycles. The molecule has 2 fully saturated rings. The van der Waals surface area contributed by atoms with Crippen molar-refractivity contribution >= 4 is 27.4 Å². The van der Waals surface area contributed by atoms with Crippen LogP contribution in [0, 0.1) is 6.92 Å². The number of ketones is 1. The van der Waals surface area contributed by atoms with Crippen LogP contribution in [0.5, 0.6) is 0 Å². The zero-order chi connectivity index (χ0) is 12.0. The van der Waals surface area contributed by atoms with Crippen LogP contribution in [-0.4, -0.2) is 17.9 Å². The number of carbonyl (C=O) groups excluding carboxylic acids is 1. The second-order valence-electron chi connectivity index (χ2n) is 5.19. The summed E-state index contributed by atoms with van der Waals surface area (Å²) in [7, 11) is 0. The molecule has 2 bridgehead atoms. The SMILES string of the molecule is Cc1ccc(Br)c(N2C3CCC2CC(=O)C3)c1. The Balaban J connectivity index is 1.99. The van der Waals surface area contributed by atoms with E-state index in [1.165, 1.54) is 11.3 Å². The zero-order valence-electron chi connectivity index (χ0n) is 9.95. The van der Waals surface area contributed by atoms with E-state index in [0.29, 0.717) is 17.9 Å². The van der Waals surface area contributed by atoms with E-state index in [9.17, 15) is 4.79 Å². The van der Waals surface area contributed by atoms with Crippen LogP contribution in [0.25, 0.3) is 0 Å². The van der Waals surface area contributed by atoms with E-state index in [1.54, 1.807) is 0 Å². The monoisotopic (exact) mass is 293 g/mol. The Morgan fingerprint density at radius 1 is 1.24 bits per heavy atom. The van der Waals surface area contributed by atoms with Gasteiger partial charge in [0.05, 0.1) is 5.69 Å². The van der Waals surface area contributed by atoms with E-state index in [2.05, 4.69) is 46.0 Å². The van der Waals surface area contributed by atoms with Crippen molar-refractivity contribution in [1.29, 1.82) is 0 Å². The number of Topliss-reactive ketones (excluding diaryl/α,β-unsaturated/α-hetero) is 1. The smallest absolute Gasteiger partial charge is 0.137 e. The van der Waals surface area contributed by atoms with Gasteiger partial charge in [0.25, 0.3) is 0 Å². The van der Waals surface area contributed by atoms with Crippen LogP contribution in [0.1, 0.15) is 31.2 Å². The molecular formula is C14H16BrNO. The van der Waals surface area contributed by atoms with Crippen molar-refractivity contribution in [3.63, 3.8) is 0 Å². The number of hydrogen-bond donors (Lipinski definition) is 0. The van der Waals surface area contributed by atoms with Crippen molar-refractivity contribution in [2.45, 2.75) is 44.7 Å². The van der Waals surface area contributed by atoms with Crippen LogP contribution in [-0.2, 0) is 4.79 Å². The minimum atomic E-state index is 0.430. The third-order valence-corrected chi connectivity index (χ3v) is 4.60. The number of halogens is 1. The highest BCUT2D eigenvalue weighted by molar-refractivity contribution is 9.10. The minimum absolute atomic E-state index is 0.430. The van der Waals surface area contributed by atoms with Gasteiger partial charge in [-0.1, -0.05) is 6.07 Å². The summed E-state index contributed by atoms with van der Waals surface area (Å²) in [5.41, 5.74) is 2.55. The molecule has 3 rings (SSSR count). The Labute approximate surface area is 110 Å². The standard InChI is InChI=1S/C14H16BrNO/c1-9-2-5-13(15)14(6-9)16-10-3-4-11(16)8-12(17)7-10/h2,5-6,10-11H,3-4,7-8H2,1H3. The number of carbonyl (C=O) groups is 1. The largest absolute Gasteiger partial charge is 0.364 e. The molecule has 17 heavy (non-hydrogen) atoms. The normalized spacial score (nSPS) is 27.6. The van der Waals surface area contributed by atoms with Crippen LogP contribution in [0.4, 0.5) is 5.69 Å². The topological polar surface area (TPSA) is 20.3 Å². The van der Waals surface area contributed by atoms with Crippen LogP contribution < -0.4 is 4.90 Å². The Morgan fingerprint density at radius 3 is 2.53 bits per heavy atom. The molecular weight excluding hydrogens is 278 g/mol. The summed E-state index contributed by atoms with van der Waals surface area (Å²) in [5.74, 6) is 0.442. The van der Waals surface area contributed by atoms with Crippen LogP contribution in [0.15, 0.2) is 22.7 Å². The Morgan fingerprint density at radius 2 is 1.88 bits per heavy atom. The van der Waals surface area contributed by atoms with Crippen LogP contribution in [0.3, 0.4) is 0 Å². The molecule has 0 radical (unpaired) electrons. The molecule has 2 saturated heterocycles. The molecule has 0 aromatic heterocycles. The molecule has 90 valence electrons.